The summed E-state index contributed by atoms with van der Waals surface area (Å²) in [5.41, 5.74) is 5.80. The van der Waals surface area contributed by atoms with Crippen molar-refractivity contribution in [3.8, 4) is 0 Å². The van der Waals surface area contributed by atoms with Crippen molar-refractivity contribution in [3.63, 3.8) is 0 Å². The van der Waals surface area contributed by atoms with Crippen LogP contribution in [0, 0.1) is 0 Å². The molecule has 0 saturated carbocycles. The van der Waals surface area contributed by atoms with Gasteiger partial charge in [0.25, 0.3) is 0 Å². The molecular weight excluding hydrogens is 166 g/mol. The molecule has 4 nitrogen and oxygen atoms in total. The van der Waals surface area contributed by atoms with Crippen LogP contribution in [-0.2, 0) is 4.74 Å². The molecule has 76 valence electrons. The summed E-state index contributed by atoms with van der Waals surface area (Å²) in [6.45, 7) is 6.59. The molecular formula is C9H19N3O. The van der Waals surface area contributed by atoms with Crippen molar-refractivity contribution in [1.29, 1.82) is 0 Å². The highest BCUT2D eigenvalue weighted by Gasteiger charge is 2.39. The molecule has 0 amide bonds. The molecule has 1 heterocycles. The smallest absolute Gasteiger partial charge is 0.191 e. The first kappa shape index (κ1) is 10.3. The van der Waals surface area contributed by atoms with Gasteiger partial charge in [0.05, 0.1) is 18.7 Å². The average Bonchev–Trinajstić information content (AvgIpc) is 2.44. The lowest BCUT2D eigenvalue weighted by Crippen LogP contribution is -2.53. The lowest BCUT2D eigenvalue weighted by atomic mass is 9.96. The second kappa shape index (κ2) is 3.96. The third-order valence-corrected chi connectivity index (χ3v) is 2.77. The van der Waals surface area contributed by atoms with Crippen LogP contribution in [0.2, 0.25) is 0 Å². The zero-order valence-corrected chi connectivity index (χ0v) is 8.71. The van der Waals surface area contributed by atoms with Crippen LogP contribution < -0.4 is 5.73 Å². The van der Waals surface area contributed by atoms with Crippen LogP contribution in [0.1, 0.15) is 20.3 Å². The molecule has 4 heteroatoms. The first-order chi connectivity index (χ1) is 6.20. The molecule has 0 bridgehead atoms. The Kier molecular flexibility index (Phi) is 3.14. The summed E-state index contributed by atoms with van der Waals surface area (Å²) in [5.74, 6) is 0.654. The topological polar surface area (TPSA) is 50.8 Å². The highest BCUT2D eigenvalue weighted by Crippen LogP contribution is 2.25. The summed E-state index contributed by atoms with van der Waals surface area (Å²) >= 11 is 0. The Labute approximate surface area is 79.8 Å². The molecule has 0 aromatic rings. The third-order valence-electron chi connectivity index (χ3n) is 2.77. The Morgan fingerprint density at radius 2 is 2.31 bits per heavy atom. The summed E-state index contributed by atoms with van der Waals surface area (Å²) in [6.07, 6.45) is 1.01. The fraction of sp³-hybridized carbons (Fsp3) is 0.889. The van der Waals surface area contributed by atoms with Crippen LogP contribution in [0.5, 0.6) is 0 Å². The monoisotopic (exact) mass is 185 g/mol. The minimum atomic E-state index is 0.00752. The summed E-state index contributed by atoms with van der Waals surface area (Å²) in [7, 11) is 1.72. The number of ether oxygens (including phenoxy) is 1. The van der Waals surface area contributed by atoms with E-state index in [1.165, 1.54) is 0 Å². The quantitative estimate of drug-likeness (QED) is 0.691. The number of hydrogen-bond donors (Lipinski definition) is 1. The summed E-state index contributed by atoms with van der Waals surface area (Å²) in [4.78, 5) is 6.41. The second-order valence-electron chi connectivity index (χ2n) is 3.43. The lowest BCUT2D eigenvalue weighted by Gasteiger charge is -2.37. The molecule has 1 aliphatic rings. The van der Waals surface area contributed by atoms with E-state index in [1.54, 1.807) is 7.11 Å². The largest absolute Gasteiger partial charge is 0.382 e. The Morgan fingerprint density at radius 1 is 1.62 bits per heavy atom. The molecule has 0 aromatic heterocycles. The van der Waals surface area contributed by atoms with Gasteiger partial charge in [0.1, 0.15) is 0 Å². The maximum absolute atomic E-state index is 5.79. The van der Waals surface area contributed by atoms with Crippen molar-refractivity contribution in [2.24, 2.45) is 10.7 Å². The van der Waals surface area contributed by atoms with E-state index in [-0.39, 0.29) is 5.54 Å². The number of aliphatic imine (C=N–C) groups is 1. The molecule has 2 N–H and O–H groups in total. The maximum Gasteiger partial charge on any atom is 0.191 e. The molecule has 1 aliphatic heterocycles. The molecule has 0 aromatic carbocycles. The van der Waals surface area contributed by atoms with E-state index >= 15 is 0 Å². The fourth-order valence-corrected chi connectivity index (χ4v) is 1.94. The average molecular weight is 185 g/mol. The van der Waals surface area contributed by atoms with E-state index in [2.05, 4.69) is 23.7 Å². The van der Waals surface area contributed by atoms with Crippen LogP contribution in [0.25, 0.3) is 0 Å². The Morgan fingerprint density at radius 3 is 2.77 bits per heavy atom. The van der Waals surface area contributed by atoms with E-state index in [9.17, 15) is 0 Å². The van der Waals surface area contributed by atoms with Gasteiger partial charge in [-0.05, 0) is 13.3 Å². The number of guanidine groups is 1. The van der Waals surface area contributed by atoms with Crippen molar-refractivity contribution in [2.45, 2.75) is 25.8 Å². The van der Waals surface area contributed by atoms with Gasteiger partial charge in [-0.2, -0.15) is 0 Å². The van der Waals surface area contributed by atoms with E-state index in [1.807, 2.05) is 0 Å². The normalized spacial score (nSPS) is 27.9. The molecule has 1 rings (SSSR count). The molecule has 0 aliphatic carbocycles. The summed E-state index contributed by atoms with van der Waals surface area (Å²) < 4.78 is 5.23. The van der Waals surface area contributed by atoms with Gasteiger partial charge in [-0.1, -0.05) is 6.92 Å². The van der Waals surface area contributed by atoms with E-state index in [4.69, 9.17) is 10.5 Å². The van der Waals surface area contributed by atoms with Gasteiger partial charge in [-0.15, -0.1) is 0 Å². The van der Waals surface area contributed by atoms with Crippen molar-refractivity contribution in [2.75, 3.05) is 26.8 Å². The van der Waals surface area contributed by atoms with Crippen molar-refractivity contribution >= 4 is 5.96 Å². The maximum atomic E-state index is 5.79. The zero-order chi connectivity index (χ0) is 9.90. The third kappa shape index (κ3) is 1.63. The first-order valence-electron chi connectivity index (χ1n) is 4.76. The summed E-state index contributed by atoms with van der Waals surface area (Å²) in [5, 5.41) is 0. The van der Waals surface area contributed by atoms with E-state index in [0.29, 0.717) is 12.6 Å². The highest BCUT2D eigenvalue weighted by atomic mass is 16.5. The van der Waals surface area contributed by atoms with E-state index < -0.39 is 0 Å². The Hall–Kier alpha value is -0.770. The molecule has 1 atom stereocenters. The molecule has 0 radical (unpaired) electrons. The van der Waals surface area contributed by atoms with Crippen LogP contribution in [0.15, 0.2) is 4.99 Å². The Balaban J connectivity index is 2.77. The molecule has 0 saturated heterocycles. The number of likely N-dealkylation sites (N-methyl/N-ethyl adjacent to an activating group) is 1. The van der Waals surface area contributed by atoms with Crippen molar-refractivity contribution in [3.05, 3.63) is 0 Å². The minimum absolute atomic E-state index is 0.00752. The first-order valence-corrected chi connectivity index (χ1v) is 4.76. The van der Waals surface area contributed by atoms with Gasteiger partial charge in [0.15, 0.2) is 5.96 Å². The predicted octanol–water partition coefficient (Wildman–Crippen LogP) is 0.432. The minimum Gasteiger partial charge on any atom is -0.382 e. The molecule has 1 unspecified atom stereocenters. The second-order valence-corrected chi connectivity index (χ2v) is 3.43. The number of nitrogens with zero attached hydrogens (tertiary/aromatic N) is 2. The Bertz CT molecular complexity index is 205. The van der Waals surface area contributed by atoms with Gasteiger partial charge in [-0.25, -0.2) is 0 Å². The molecule has 0 fully saturated rings. The summed E-state index contributed by atoms with van der Waals surface area (Å²) in [6, 6.07) is 0. The predicted molar refractivity (Wildman–Crippen MR) is 53.8 cm³/mol. The number of rotatable bonds is 4. The van der Waals surface area contributed by atoms with Gasteiger partial charge < -0.3 is 15.4 Å². The van der Waals surface area contributed by atoms with Crippen molar-refractivity contribution < 1.29 is 4.74 Å². The van der Waals surface area contributed by atoms with Crippen molar-refractivity contribution in [1.82, 2.24) is 4.90 Å². The zero-order valence-electron chi connectivity index (χ0n) is 8.71. The molecule has 0 spiro atoms. The van der Waals surface area contributed by atoms with Crippen LogP contribution in [-0.4, -0.2) is 43.2 Å². The molecule has 13 heavy (non-hydrogen) atoms. The van der Waals surface area contributed by atoms with Crippen LogP contribution in [0.3, 0.4) is 0 Å². The van der Waals surface area contributed by atoms with Gasteiger partial charge in [0.2, 0.25) is 0 Å². The SMILES string of the molecule is CCN1C(N)=NCC1(CC)COC. The lowest BCUT2D eigenvalue weighted by molar-refractivity contribution is 0.0659. The van der Waals surface area contributed by atoms with Gasteiger partial charge >= 0.3 is 0 Å². The van der Waals surface area contributed by atoms with Crippen LogP contribution in [0.4, 0.5) is 0 Å². The number of methoxy groups -OCH3 is 1. The standard InChI is InChI=1S/C9H19N3O/c1-4-9(7-13-3)6-11-8(10)12(9)5-2/h4-7H2,1-3H3,(H2,10,11). The highest BCUT2D eigenvalue weighted by molar-refractivity contribution is 5.81. The number of hydrogen-bond acceptors (Lipinski definition) is 4. The van der Waals surface area contributed by atoms with Gasteiger partial charge in [-0.3, -0.25) is 4.99 Å². The fourth-order valence-electron chi connectivity index (χ4n) is 1.94. The van der Waals surface area contributed by atoms with Crippen LogP contribution >= 0.6 is 0 Å². The van der Waals surface area contributed by atoms with Gasteiger partial charge in [0, 0.05) is 13.7 Å². The number of nitrogens with two attached hydrogens (primary N) is 1. The van der Waals surface area contributed by atoms with E-state index in [0.717, 1.165) is 19.5 Å².